The van der Waals surface area contributed by atoms with E-state index in [1.54, 1.807) is 6.08 Å². The fraction of sp³-hybridized carbons (Fsp3) is 0.889. The molecule has 3 aliphatic heterocycles. The number of carbonyl (C=O) groups is 3. The van der Waals surface area contributed by atoms with Gasteiger partial charge in [-0.2, -0.15) is 0 Å². The number of aliphatic hydroxyl groups is 11. The van der Waals surface area contributed by atoms with Gasteiger partial charge in [0.2, 0.25) is 11.8 Å². The summed E-state index contributed by atoms with van der Waals surface area (Å²) in [5, 5.41) is 136. The van der Waals surface area contributed by atoms with Gasteiger partial charge in [0, 0.05) is 19.8 Å². The first-order chi connectivity index (χ1) is 41.4. The summed E-state index contributed by atoms with van der Waals surface area (Å²) in [6, 6.07) is -2.62. The Bertz CT molecular complexity index is 1850. The summed E-state index contributed by atoms with van der Waals surface area (Å²) >= 11 is 0. The number of carbonyl (C=O) groups excluding carboxylic acids is 2. The van der Waals surface area contributed by atoms with Crippen LogP contribution in [0.5, 0.6) is 0 Å². The zero-order chi connectivity index (χ0) is 63.3. The van der Waals surface area contributed by atoms with Gasteiger partial charge < -0.3 is 100 Å². The summed E-state index contributed by atoms with van der Waals surface area (Å²) in [4.78, 5) is 38.4. The second-order valence-electron chi connectivity index (χ2n) is 24.0. The van der Waals surface area contributed by atoms with E-state index >= 15 is 0 Å². The van der Waals surface area contributed by atoms with Crippen LogP contribution in [0.1, 0.15) is 220 Å². The summed E-state index contributed by atoms with van der Waals surface area (Å²) in [5.41, 5.74) is 0. The van der Waals surface area contributed by atoms with Crippen LogP contribution in [0.4, 0.5) is 0 Å². The van der Waals surface area contributed by atoms with E-state index in [2.05, 4.69) is 36.6 Å². The Balaban J connectivity index is 1.63. The molecule has 0 bridgehead atoms. The smallest absolute Gasteiger partial charge is 0.364 e. The van der Waals surface area contributed by atoms with Gasteiger partial charge in [-0.3, -0.25) is 9.59 Å². The molecule has 3 heterocycles. The number of aliphatic carboxylic acids is 1. The number of amides is 2. The van der Waals surface area contributed by atoms with Crippen molar-refractivity contribution in [1.29, 1.82) is 0 Å². The summed E-state index contributed by atoms with van der Waals surface area (Å²) < 4.78 is 34.7. The van der Waals surface area contributed by atoms with Crippen molar-refractivity contribution < 1.29 is 104 Å². The topological polar surface area (TPSA) is 373 Å². The fourth-order valence-corrected chi connectivity index (χ4v) is 11.3. The Hall–Kier alpha value is -2.79. The molecule has 3 saturated heterocycles. The predicted molar refractivity (Wildman–Crippen MR) is 320 cm³/mol. The molecule has 3 rings (SSSR count). The largest absolute Gasteiger partial charge is 0.477 e. The number of unbranched alkanes of at least 4 members (excludes halogenated alkanes) is 26. The Morgan fingerprint density at radius 2 is 1.09 bits per heavy atom. The van der Waals surface area contributed by atoms with Gasteiger partial charge in [-0.25, -0.2) is 4.79 Å². The molecule has 0 spiro atoms. The van der Waals surface area contributed by atoms with Crippen molar-refractivity contribution >= 4 is 17.8 Å². The molecule has 0 aromatic carbocycles. The van der Waals surface area contributed by atoms with Crippen LogP contribution in [-0.4, -0.2) is 215 Å². The van der Waals surface area contributed by atoms with E-state index in [9.17, 15) is 75.7 Å². The van der Waals surface area contributed by atoms with Crippen LogP contribution < -0.4 is 10.6 Å². The average Bonchev–Trinajstić information content (AvgIpc) is 2.74. The molecule has 14 N–H and O–H groups in total. The van der Waals surface area contributed by atoms with E-state index in [1.165, 1.54) is 122 Å². The Morgan fingerprint density at radius 1 is 0.605 bits per heavy atom. The molecule has 23 nitrogen and oxygen atoms in total. The number of carboxylic acids is 1. The lowest BCUT2D eigenvalue weighted by molar-refractivity contribution is -0.386. The van der Waals surface area contributed by atoms with Crippen molar-refractivity contribution in [3.8, 4) is 0 Å². The molecule has 2 amide bonds. The Labute approximate surface area is 511 Å². The SMILES string of the molecule is CCCCCCCC/C=C\CCCCCCCCCCCC(=O)N[C@@H](CO[C@@H]1O[C@H](CO)[C@@H](O[C@@H]2O[C@H](CO)[C@H](O)[C@H](O[C@]3(C(=O)O)C[C@H](O)[C@@H](NC(C)=O)C([C@H](O)[C@H](O)CO)O3)[C@H]2O)[C@H](O)[C@H]1O)[C@H](O)/C=C/CCCCCCCCCCCCC. The lowest BCUT2D eigenvalue weighted by Gasteiger charge is -2.50. The van der Waals surface area contributed by atoms with Crippen molar-refractivity contribution in [2.24, 2.45) is 0 Å². The molecular formula is C63H114N2O21. The number of carboxylic acid groups (broad SMARTS) is 1. The zero-order valence-corrected chi connectivity index (χ0v) is 51.9. The average molecular weight is 1240 g/mol. The van der Waals surface area contributed by atoms with E-state index in [0.717, 1.165) is 58.3 Å². The van der Waals surface area contributed by atoms with Gasteiger partial charge >= 0.3 is 5.97 Å². The summed E-state index contributed by atoms with van der Waals surface area (Å²) in [6.07, 6.45) is 12.3. The van der Waals surface area contributed by atoms with Crippen molar-refractivity contribution in [2.75, 3.05) is 26.4 Å². The van der Waals surface area contributed by atoms with Gasteiger partial charge in [0.05, 0.1) is 50.7 Å². The number of hydrogen-bond acceptors (Lipinski definition) is 20. The standard InChI is InChI=1S/C63H114N2O21/c1-4-6-8-10-12-14-16-18-19-20-21-22-23-25-27-29-31-33-35-37-50(73)65-44(45(70)36-34-32-30-28-26-24-17-15-13-11-9-7-5-2)42-81-60-55(77)54(76)57(49(41-68)83-60)84-61-56(78)59(53(75)48(40-67)82-61)86-63(62(79)80)38-46(71)51(64-43(3)69)58(85-63)52(74)47(72)39-66/h18-19,34,36,44-49,51-61,66-68,70-72,74-78H,4-17,20-33,35,37-42H2,1-3H3,(H,64,69)(H,65,73)(H,79,80)/b19-18-,36-34+/t44-,45+,46-,47+,48+,49+,51+,52+,53-,54+,55+,56+,57+,58?,59-,60+,61-,63-/m0/s1. The third kappa shape index (κ3) is 27.8. The molecule has 0 radical (unpaired) electrons. The minimum Gasteiger partial charge on any atom is -0.477 e. The van der Waals surface area contributed by atoms with Crippen LogP contribution in [0.15, 0.2) is 24.3 Å². The normalized spacial score (nSPS) is 29.5. The number of hydrogen-bond donors (Lipinski definition) is 14. The first-order valence-corrected chi connectivity index (χ1v) is 32.7. The zero-order valence-electron chi connectivity index (χ0n) is 51.9. The van der Waals surface area contributed by atoms with Gasteiger partial charge in [0.25, 0.3) is 5.79 Å². The van der Waals surface area contributed by atoms with Gasteiger partial charge in [-0.05, 0) is 44.9 Å². The van der Waals surface area contributed by atoms with E-state index in [1.807, 2.05) is 6.08 Å². The molecule has 1 unspecified atom stereocenters. The molecule has 502 valence electrons. The quantitative estimate of drug-likeness (QED) is 0.0294. The molecule has 0 aromatic heterocycles. The lowest BCUT2D eigenvalue weighted by Crippen LogP contribution is -2.70. The molecule has 0 saturated carbocycles. The third-order valence-electron chi connectivity index (χ3n) is 16.6. The molecule has 86 heavy (non-hydrogen) atoms. The third-order valence-corrected chi connectivity index (χ3v) is 16.6. The van der Waals surface area contributed by atoms with Gasteiger partial charge in [-0.1, -0.05) is 179 Å². The van der Waals surface area contributed by atoms with Crippen LogP contribution in [0.25, 0.3) is 0 Å². The predicted octanol–water partition coefficient (Wildman–Crippen LogP) is 4.50. The summed E-state index contributed by atoms with van der Waals surface area (Å²) in [5.74, 6) is -6.15. The number of ether oxygens (including phenoxy) is 6. The summed E-state index contributed by atoms with van der Waals surface area (Å²) in [7, 11) is 0. The monoisotopic (exact) mass is 1230 g/mol. The van der Waals surface area contributed by atoms with Gasteiger partial charge in [-0.15, -0.1) is 0 Å². The van der Waals surface area contributed by atoms with E-state index < -0.39 is 155 Å². The second kappa shape index (κ2) is 44.6. The molecule has 23 heteroatoms. The maximum Gasteiger partial charge on any atom is 0.364 e. The Kier molecular flexibility index (Phi) is 40.2. The van der Waals surface area contributed by atoms with E-state index in [-0.39, 0.29) is 12.3 Å². The van der Waals surface area contributed by atoms with Crippen molar-refractivity contribution in [2.45, 2.75) is 330 Å². The van der Waals surface area contributed by atoms with Crippen LogP contribution in [0.2, 0.25) is 0 Å². The second-order valence-corrected chi connectivity index (χ2v) is 24.0. The molecule has 3 aliphatic rings. The number of allylic oxidation sites excluding steroid dienone is 3. The lowest BCUT2D eigenvalue weighted by atomic mass is 9.88. The highest BCUT2D eigenvalue weighted by molar-refractivity contribution is 5.77. The van der Waals surface area contributed by atoms with Crippen LogP contribution in [-0.2, 0) is 42.8 Å². The summed E-state index contributed by atoms with van der Waals surface area (Å²) in [6.45, 7) is 2.10. The minimum absolute atomic E-state index is 0.198. The Morgan fingerprint density at radius 3 is 1.58 bits per heavy atom. The number of nitrogens with one attached hydrogen (secondary N) is 2. The molecular weight excluding hydrogens is 1120 g/mol. The highest BCUT2D eigenvalue weighted by Gasteiger charge is 2.60. The molecule has 18 atom stereocenters. The van der Waals surface area contributed by atoms with Crippen LogP contribution in [0, 0.1) is 0 Å². The maximum absolute atomic E-state index is 13.4. The molecule has 3 fully saturated rings. The molecule has 0 aliphatic carbocycles. The maximum atomic E-state index is 13.4. The first kappa shape index (κ1) is 77.5. The van der Waals surface area contributed by atoms with E-state index in [4.69, 9.17) is 28.4 Å². The molecule has 0 aromatic rings. The van der Waals surface area contributed by atoms with E-state index in [0.29, 0.717) is 12.8 Å². The van der Waals surface area contributed by atoms with Gasteiger partial charge in [0.15, 0.2) is 12.6 Å². The van der Waals surface area contributed by atoms with Crippen molar-refractivity contribution in [3.05, 3.63) is 24.3 Å². The fourth-order valence-electron chi connectivity index (χ4n) is 11.3. The highest BCUT2D eigenvalue weighted by Crippen LogP contribution is 2.38. The number of rotatable bonds is 48. The first-order valence-electron chi connectivity index (χ1n) is 32.7. The number of aliphatic hydroxyl groups excluding tert-OH is 11. The van der Waals surface area contributed by atoms with Crippen molar-refractivity contribution in [1.82, 2.24) is 10.6 Å². The van der Waals surface area contributed by atoms with Crippen molar-refractivity contribution in [3.63, 3.8) is 0 Å². The minimum atomic E-state index is -3.08. The highest BCUT2D eigenvalue weighted by atomic mass is 16.8. The van der Waals surface area contributed by atoms with Gasteiger partial charge in [0.1, 0.15) is 67.1 Å². The van der Waals surface area contributed by atoms with Crippen LogP contribution >= 0.6 is 0 Å². The van der Waals surface area contributed by atoms with Crippen LogP contribution in [0.3, 0.4) is 0 Å².